The van der Waals surface area contributed by atoms with E-state index in [0.29, 0.717) is 12.4 Å². The predicted molar refractivity (Wildman–Crippen MR) is 73.7 cm³/mol. The minimum absolute atomic E-state index is 0.288. The van der Waals surface area contributed by atoms with Gasteiger partial charge in [0.05, 0.1) is 19.8 Å². The lowest BCUT2D eigenvalue weighted by Crippen LogP contribution is -2.40. The molecule has 124 valence electrons. The second kappa shape index (κ2) is 5.19. The van der Waals surface area contributed by atoms with E-state index in [2.05, 4.69) is 4.74 Å². The molecule has 0 bridgehead atoms. The molecular formula is C15H22O7. The third-order valence-electron chi connectivity index (χ3n) is 3.86. The van der Waals surface area contributed by atoms with Crippen molar-refractivity contribution in [1.29, 1.82) is 0 Å². The number of esters is 1. The number of carbonyl (C=O) groups excluding carboxylic acids is 1. The Kier molecular flexibility index (Phi) is 3.71. The highest BCUT2D eigenvalue weighted by atomic mass is 16.8. The first-order chi connectivity index (χ1) is 10.2. The van der Waals surface area contributed by atoms with Gasteiger partial charge in [-0.1, -0.05) is 0 Å². The van der Waals surface area contributed by atoms with Gasteiger partial charge >= 0.3 is 5.97 Å². The van der Waals surface area contributed by atoms with Gasteiger partial charge in [-0.05, 0) is 27.7 Å². The van der Waals surface area contributed by atoms with Gasteiger partial charge in [-0.2, -0.15) is 0 Å². The van der Waals surface area contributed by atoms with Gasteiger partial charge in [-0.25, -0.2) is 4.79 Å². The predicted octanol–water partition coefficient (Wildman–Crippen LogP) is 1.11. The molecule has 3 saturated heterocycles. The largest absolute Gasteiger partial charge is 0.486 e. The van der Waals surface area contributed by atoms with E-state index in [1.165, 1.54) is 13.2 Å². The molecule has 3 aliphatic heterocycles. The van der Waals surface area contributed by atoms with Crippen LogP contribution in [0.5, 0.6) is 0 Å². The van der Waals surface area contributed by atoms with Crippen LogP contribution in [0.25, 0.3) is 0 Å². The molecule has 7 heteroatoms. The molecule has 0 aromatic heterocycles. The molecule has 0 radical (unpaired) electrons. The molecule has 0 unspecified atom stereocenters. The van der Waals surface area contributed by atoms with Crippen molar-refractivity contribution in [3.05, 3.63) is 11.8 Å². The van der Waals surface area contributed by atoms with Gasteiger partial charge < -0.3 is 28.4 Å². The standard InChI is InChI=1S/C15H22O7/c1-14(2)18-7-9(20-14)11-13-12(21-15(3,4)22-13)8(19-11)6-10(16)17-5/h6,9,11-13H,7H2,1-5H3/b8-6-/t9-,11-,12-,13+/m1/s1. The van der Waals surface area contributed by atoms with Crippen molar-refractivity contribution in [2.75, 3.05) is 13.7 Å². The average Bonchev–Trinajstić information content (AvgIpc) is 3.01. The van der Waals surface area contributed by atoms with Crippen molar-refractivity contribution in [3.8, 4) is 0 Å². The first-order valence-electron chi connectivity index (χ1n) is 7.34. The maximum absolute atomic E-state index is 11.5. The van der Waals surface area contributed by atoms with Crippen molar-refractivity contribution in [3.63, 3.8) is 0 Å². The number of rotatable bonds is 2. The monoisotopic (exact) mass is 314 g/mol. The molecule has 0 aliphatic carbocycles. The highest BCUT2D eigenvalue weighted by Crippen LogP contribution is 2.43. The minimum Gasteiger partial charge on any atom is -0.486 e. The summed E-state index contributed by atoms with van der Waals surface area (Å²) in [5.74, 6) is -1.50. The lowest BCUT2D eigenvalue weighted by molar-refractivity contribution is -0.187. The molecule has 0 amide bonds. The van der Waals surface area contributed by atoms with Crippen LogP contribution in [0, 0.1) is 0 Å². The molecule has 7 nitrogen and oxygen atoms in total. The fourth-order valence-electron chi connectivity index (χ4n) is 3.00. The maximum Gasteiger partial charge on any atom is 0.333 e. The van der Waals surface area contributed by atoms with Gasteiger partial charge in [0, 0.05) is 0 Å². The van der Waals surface area contributed by atoms with Crippen molar-refractivity contribution >= 4 is 5.97 Å². The van der Waals surface area contributed by atoms with Crippen LogP contribution in [-0.4, -0.2) is 55.7 Å². The SMILES string of the molecule is COC(=O)/C=C1\O[C@H]([C@H]2COC(C)(C)O2)[C@@H]2OC(C)(C)O[C@H]12. The number of hydrogen-bond acceptors (Lipinski definition) is 7. The van der Waals surface area contributed by atoms with E-state index in [4.69, 9.17) is 23.7 Å². The smallest absolute Gasteiger partial charge is 0.333 e. The van der Waals surface area contributed by atoms with Crippen molar-refractivity contribution < 1.29 is 33.2 Å². The highest BCUT2D eigenvalue weighted by molar-refractivity contribution is 5.82. The molecule has 0 aromatic carbocycles. The Hall–Kier alpha value is -1.15. The van der Waals surface area contributed by atoms with E-state index in [1.54, 1.807) is 0 Å². The van der Waals surface area contributed by atoms with Crippen LogP contribution < -0.4 is 0 Å². The summed E-state index contributed by atoms with van der Waals surface area (Å²) < 4.78 is 33.8. The molecule has 3 heterocycles. The Labute approximate surface area is 129 Å². The summed E-state index contributed by atoms with van der Waals surface area (Å²) in [6.07, 6.45) is -0.198. The van der Waals surface area contributed by atoms with Gasteiger partial charge in [0.1, 0.15) is 24.1 Å². The summed E-state index contributed by atoms with van der Waals surface area (Å²) in [5, 5.41) is 0. The summed E-state index contributed by atoms with van der Waals surface area (Å²) in [6, 6.07) is 0. The third-order valence-corrected chi connectivity index (χ3v) is 3.86. The van der Waals surface area contributed by atoms with Crippen LogP contribution in [-0.2, 0) is 33.2 Å². The molecule has 0 N–H and O–H groups in total. The number of methoxy groups -OCH3 is 1. The number of hydrogen-bond donors (Lipinski definition) is 0. The first kappa shape index (κ1) is 15.7. The highest BCUT2D eigenvalue weighted by Gasteiger charge is 2.57. The van der Waals surface area contributed by atoms with Crippen LogP contribution in [0.1, 0.15) is 27.7 Å². The Bertz CT molecular complexity index is 496. The van der Waals surface area contributed by atoms with Crippen molar-refractivity contribution in [2.24, 2.45) is 0 Å². The van der Waals surface area contributed by atoms with Crippen LogP contribution in [0.15, 0.2) is 11.8 Å². The lowest BCUT2D eigenvalue weighted by atomic mass is 10.1. The van der Waals surface area contributed by atoms with Crippen LogP contribution in [0.2, 0.25) is 0 Å². The summed E-state index contributed by atoms with van der Waals surface area (Å²) >= 11 is 0. The first-order valence-corrected chi connectivity index (χ1v) is 7.34. The van der Waals surface area contributed by atoms with E-state index in [-0.39, 0.29) is 12.2 Å². The Morgan fingerprint density at radius 2 is 1.86 bits per heavy atom. The van der Waals surface area contributed by atoms with Crippen LogP contribution >= 0.6 is 0 Å². The lowest BCUT2D eigenvalue weighted by Gasteiger charge is -2.26. The number of fused-ring (bicyclic) bond motifs is 1. The second-order valence-corrected chi connectivity index (χ2v) is 6.54. The van der Waals surface area contributed by atoms with Crippen LogP contribution in [0.3, 0.4) is 0 Å². The summed E-state index contributed by atoms with van der Waals surface area (Å²) in [6.45, 7) is 7.75. The summed E-state index contributed by atoms with van der Waals surface area (Å²) in [4.78, 5) is 11.5. The molecule has 0 aromatic rings. The van der Waals surface area contributed by atoms with Gasteiger partial charge in [0.15, 0.2) is 17.7 Å². The van der Waals surface area contributed by atoms with Crippen LogP contribution in [0.4, 0.5) is 0 Å². The zero-order chi connectivity index (χ0) is 16.1. The minimum atomic E-state index is -0.748. The second-order valence-electron chi connectivity index (χ2n) is 6.54. The Morgan fingerprint density at radius 1 is 1.14 bits per heavy atom. The van der Waals surface area contributed by atoms with Gasteiger partial charge in [-0.15, -0.1) is 0 Å². The van der Waals surface area contributed by atoms with E-state index in [9.17, 15) is 4.79 Å². The van der Waals surface area contributed by atoms with Gasteiger partial charge in [0.25, 0.3) is 0 Å². The topological polar surface area (TPSA) is 72.5 Å². The van der Waals surface area contributed by atoms with Gasteiger partial charge in [0.2, 0.25) is 0 Å². The molecule has 22 heavy (non-hydrogen) atoms. The Balaban J connectivity index is 1.83. The fraction of sp³-hybridized carbons (Fsp3) is 0.800. The zero-order valence-corrected chi connectivity index (χ0v) is 13.5. The quantitative estimate of drug-likeness (QED) is 0.558. The number of carbonyl (C=O) groups is 1. The molecule has 3 rings (SSSR count). The van der Waals surface area contributed by atoms with E-state index in [0.717, 1.165) is 0 Å². The Morgan fingerprint density at radius 3 is 2.45 bits per heavy atom. The summed E-state index contributed by atoms with van der Waals surface area (Å²) in [7, 11) is 1.32. The van der Waals surface area contributed by atoms with E-state index < -0.39 is 29.8 Å². The number of ether oxygens (including phenoxy) is 6. The molecular weight excluding hydrogens is 292 g/mol. The average molecular weight is 314 g/mol. The van der Waals surface area contributed by atoms with Crippen molar-refractivity contribution in [2.45, 2.75) is 63.7 Å². The molecule has 3 aliphatic rings. The fourth-order valence-corrected chi connectivity index (χ4v) is 3.00. The van der Waals surface area contributed by atoms with E-state index in [1.807, 2.05) is 27.7 Å². The van der Waals surface area contributed by atoms with Crippen molar-refractivity contribution in [1.82, 2.24) is 0 Å². The zero-order valence-electron chi connectivity index (χ0n) is 13.5. The molecule has 0 spiro atoms. The summed E-state index contributed by atoms with van der Waals surface area (Å²) in [5.41, 5.74) is 0. The molecule has 0 saturated carbocycles. The molecule has 4 atom stereocenters. The van der Waals surface area contributed by atoms with Gasteiger partial charge in [-0.3, -0.25) is 0 Å². The van der Waals surface area contributed by atoms with E-state index >= 15 is 0 Å². The molecule has 3 fully saturated rings. The third kappa shape index (κ3) is 2.86. The maximum atomic E-state index is 11.5. The normalized spacial score (nSPS) is 40.5.